The summed E-state index contributed by atoms with van der Waals surface area (Å²) in [5.74, 6) is -1.49. The smallest absolute Gasteiger partial charge is 0.358 e. The standard InChI is InChI=1S/C11H17N5O4/c12-4-8-10(11(18)19)14-15-16(8)6-9(17)13-5-7-2-1-3-20-7/h7H,1-6,12H2,(H,13,17)(H,18,19). The van der Waals surface area contributed by atoms with Crippen molar-refractivity contribution in [3.8, 4) is 0 Å². The molecular weight excluding hydrogens is 266 g/mol. The number of nitrogens with zero attached hydrogens (tertiary/aromatic N) is 3. The van der Waals surface area contributed by atoms with E-state index in [-0.39, 0.29) is 36.5 Å². The maximum Gasteiger partial charge on any atom is 0.358 e. The lowest BCUT2D eigenvalue weighted by Gasteiger charge is -2.11. The van der Waals surface area contributed by atoms with Crippen LogP contribution in [0.25, 0.3) is 0 Å². The number of rotatable bonds is 6. The Labute approximate surface area is 115 Å². The molecule has 2 rings (SSSR count). The van der Waals surface area contributed by atoms with Gasteiger partial charge in [-0.1, -0.05) is 5.21 Å². The second-order valence-electron chi connectivity index (χ2n) is 4.49. The van der Waals surface area contributed by atoms with Crippen LogP contribution in [0.1, 0.15) is 29.0 Å². The molecule has 1 atom stereocenters. The fourth-order valence-corrected chi connectivity index (χ4v) is 2.05. The molecule has 0 bridgehead atoms. The van der Waals surface area contributed by atoms with Gasteiger partial charge >= 0.3 is 5.97 Å². The first-order chi connectivity index (χ1) is 9.61. The van der Waals surface area contributed by atoms with Crippen LogP contribution in [-0.2, 0) is 22.6 Å². The van der Waals surface area contributed by atoms with Crippen LogP contribution in [0.3, 0.4) is 0 Å². The van der Waals surface area contributed by atoms with Gasteiger partial charge in [-0.05, 0) is 12.8 Å². The van der Waals surface area contributed by atoms with Crippen LogP contribution in [0.4, 0.5) is 0 Å². The Hall–Kier alpha value is -2.00. The molecule has 1 amide bonds. The maximum atomic E-state index is 11.8. The van der Waals surface area contributed by atoms with Crippen LogP contribution in [0.5, 0.6) is 0 Å². The first-order valence-corrected chi connectivity index (χ1v) is 6.36. The summed E-state index contributed by atoms with van der Waals surface area (Å²) in [6, 6.07) is 0. The van der Waals surface area contributed by atoms with Gasteiger partial charge in [0.05, 0.1) is 11.8 Å². The van der Waals surface area contributed by atoms with Gasteiger partial charge < -0.3 is 20.9 Å². The van der Waals surface area contributed by atoms with Crippen molar-refractivity contribution in [1.29, 1.82) is 0 Å². The molecule has 1 saturated heterocycles. The summed E-state index contributed by atoms with van der Waals surface area (Å²) in [7, 11) is 0. The molecule has 0 aromatic carbocycles. The van der Waals surface area contributed by atoms with Gasteiger partial charge in [-0.3, -0.25) is 4.79 Å². The Balaban J connectivity index is 1.91. The Kier molecular flexibility index (Phi) is 4.64. The van der Waals surface area contributed by atoms with E-state index in [2.05, 4.69) is 15.6 Å². The molecule has 1 aromatic heterocycles. The second-order valence-corrected chi connectivity index (χ2v) is 4.49. The van der Waals surface area contributed by atoms with E-state index < -0.39 is 5.97 Å². The van der Waals surface area contributed by atoms with Crippen molar-refractivity contribution < 1.29 is 19.4 Å². The Morgan fingerprint density at radius 3 is 2.95 bits per heavy atom. The molecule has 2 heterocycles. The maximum absolute atomic E-state index is 11.8. The molecule has 1 aliphatic heterocycles. The zero-order chi connectivity index (χ0) is 14.5. The summed E-state index contributed by atoms with van der Waals surface area (Å²) in [5, 5.41) is 18.8. The first kappa shape index (κ1) is 14.4. The quantitative estimate of drug-likeness (QED) is 0.593. The first-order valence-electron chi connectivity index (χ1n) is 6.36. The SMILES string of the molecule is NCc1c(C(=O)O)nnn1CC(=O)NCC1CCCO1. The molecular formula is C11H17N5O4. The molecule has 1 fully saturated rings. The zero-order valence-electron chi connectivity index (χ0n) is 10.9. The Morgan fingerprint density at radius 1 is 1.55 bits per heavy atom. The number of nitrogens with two attached hydrogens (primary N) is 1. The number of carboxylic acids is 1. The van der Waals surface area contributed by atoms with Crippen molar-refractivity contribution in [2.75, 3.05) is 13.2 Å². The lowest BCUT2D eigenvalue weighted by Crippen LogP contribution is -2.34. The van der Waals surface area contributed by atoms with Crippen LogP contribution in [-0.4, -0.2) is 51.2 Å². The van der Waals surface area contributed by atoms with Crippen molar-refractivity contribution >= 4 is 11.9 Å². The number of hydrogen-bond donors (Lipinski definition) is 3. The molecule has 1 unspecified atom stereocenters. The highest BCUT2D eigenvalue weighted by Crippen LogP contribution is 2.10. The number of aromatic carboxylic acids is 1. The lowest BCUT2D eigenvalue weighted by molar-refractivity contribution is -0.122. The molecule has 9 heteroatoms. The van der Waals surface area contributed by atoms with Crippen molar-refractivity contribution in [2.45, 2.75) is 32.0 Å². The van der Waals surface area contributed by atoms with Crippen LogP contribution < -0.4 is 11.1 Å². The number of ether oxygens (including phenoxy) is 1. The number of nitrogens with one attached hydrogen (secondary N) is 1. The molecule has 4 N–H and O–H groups in total. The minimum atomic E-state index is -1.21. The van der Waals surface area contributed by atoms with Gasteiger partial charge in [0.15, 0.2) is 5.69 Å². The fourth-order valence-electron chi connectivity index (χ4n) is 2.05. The van der Waals surface area contributed by atoms with Crippen molar-refractivity contribution in [1.82, 2.24) is 20.3 Å². The molecule has 0 saturated carbocycles. The van der Waals surface area contributed by atoms with Gasteiger partial charge in [-0.2, -0.15) is 0 Å². The third-order valence-electron chi connectivity index (χ3n) is 3.08. The van der Waals surface area contributed by atoms with Crippen molar-refractivity contribution in [3.05, 3.63) is 11.4 Å². The predicted octanol–water partition coefficient (Wildman–Crippen LogP) is -1.27. The van der Waals surface area contributed by atoms with E-state index in [9.17, 15) is 9.59 Å². The van der Waals surface area contributed by atoms with Gasteiger partial charge in [-0.15, -0.1) is 5.10 Å². The van der Waals surface area contributed by atoms with E-state index >= 15 is 0 Å². The third kappa shape index (κ3) is 3.31. The van der Waals surface area contributed by atoms with Crippen molar-refractivity contribution in [2.24, 2.45) is 5.73 Å². The van der Waals surface area contributed by atoms with Gasteiger partial charge in [0, 0.05) is 19.7 Å². The average molecular weight is 283 g/mol. The summed E-state index contributed by atoms with van der Waals surface area (Å²) >= 11 is 0. The Bertz CT molecular complexity index is 495. The van der Waals surface area contributed by atoms with Crippen LogP contribution in [0.15, 0.2) is 0 Å². The normalized spacial score (nSPS) is 18.1. The van der Waals surface area contributed by atoms with Gasteiger partial charge in [0.1, 0.15) is 6.54 Å². The highest BCUT2D eigenvalue weighted by Gasteiger charge is 2.20. The van der Waals surface area contributed by atoms with Gasteiger partial charge in [0.2, 0.25) is 5.91 Å². The van der Waals surface area contributed by atoms with E-state index in [0.29, 0.717) is 6.54 Å². The lowest BCUT2D eigenvalue weighted by atomic mass is 10.2. The molecule has 0 radical (unpaired) electrons. The molecule has 1 aliphatic rings. The number of carbonyl (C=O) groups is 2. The molecule has 20 heavy (non-hydrogen) atoms. The number of hydrogen-bond acceptors (Lipinski definition) is 6. The highest BCUT2D eigenvalue weighted by atomic mass is 16.5. The minimum absolute atomic E-state index is 0.0480. The van der Waals surface area contributed by atoms with E-state index in [1.165, 1.54) is 4.68 Å². The monoisotopic (exact) mass is 283 g/mol. The minimum Gasteiger partial charge on any atom is -0.476 e. The van der Waals surface area contributed by atoms with E-state index in [4.69, 9.17) is 15.6 Å². The van der Waals surface area contributed by atoms with Crippen molar-refractivity contribution in [3.63, 3.8) is 0 Å². The molecule has 9 nitrogen and oxygen atoms in total. The zero-order valence-corrected chi connectivity index (χ0v) is 10.9. The second kappa shape index (κ2) is 6.44. The van der Waals surface area contributed by atoms with Gasteiger partial charge in [-0.25, -0.2) is 9.48 Å². The van der Waals surface area contributed by atoms with Crippen LogP contribution >= 0.6 is 0 Å². The van der Waals surface area contributed by atoms with E-state index in [1.54, 1.807) is 0 Å². The van der Waals surface area contributed by atoms with Gasteiger partial charge in [0.25, 0.3) is 0 Å². The largest absolute Gasteiger partial charge is 0.476 e. The Morgan fingerprint density at radius 2 is 2.35 bits per heavy atom. The number of carboxylic acid groups (broad SMARTS) is 1. The number of carbonyl (C=O) groups excluding carboxylic acids is 1. The topological polar surface area (TPSA) is 132 Å². The predicted molar refractivity (Wildman–Crippen MR) is 66.9 cm³/mol. The number of amides is 1. The summed E-state index contributed by atoms with van der Waals surface area (Å²) in [6.07, 6.45) is 1.99. The van der Waals surface area contributed by atoms with Crippen LogP contribution in [0.2, 0.25) is 0 Å². The number of aromatic nitrogens is 3. The fraction of sp³-hybridized carbons (Fsp3) is 0.636. The summed E-state index contributed by atoms with van der Waals surface area (Å²) in [6.45, 7) is 1.01. The highest BCUT2D eigenvalue weighted by molar-refractivity contribution is 5.86. The summed E-state index contributed by atoms with van der Waals surface area (Å²) in [4.78, 5) is 22.7. The average Bonchev–Trinajstić information content (AvgIpc) is 3.05. The molecule has 110 valence electrons. The van der Waals surface area contributed by atoms with E-state index in [0.717, 1.165) is 19.4 Å². The van der Waals surface area contributed by atoms with E-state index in [1.807, 2.05) is 0 Å². The third-order valence-corrected chi connectivity index (χ3v) is 3.08. The summed E-state index contributed by atoms with van der Waals surface area (Å²) < 4.78 is 6.59. The summed E-state index contributed by atoms with van der Waals surface area (Å²) in [5.41, 5.74) is 5.47. The molecule has 0 spiro atoms. The molecule has 1 aromatic rings. The molecule has 0 aliphatic carbocycles. The van der Waals surface area contributed by atoms with Crippen LogP contribution in [0, 0.1) is 0 Å².